The van der Waals surface area contributed by atoms with E-state index in [0.717, 1.165) is 25.7 Å². The molecule has 3 saturated carbocycles. The van der Waals surface area contributed by atoms with Crippen molar-refractivity contribution in [3.05, 3.63) is 0 Å². The molecule has 5 unspecified atom stereocenters. The normalized spacial score (nSPS) is 48.3. The van der Waals surface area contributed by atoms with Gasteiger partial charge in [-0.2, -0.15) is 0 Å². The Morgan fingerprint density at radius 2 is 1.68 bits per heavy atom. The average Bonchev–Trinajstić information content (AvgIpc) is 3.14. The highest BCUT2D eigenvalue weighted by atomic mass is 16.5. The van der Waals surface area contributed by atoms with Crippen molar-refractivity contribution in [1.82, 2.24) is 0 Å². The second-order valence-electron chi connectivity index (χ2n) is 12.9. The molecule has 14 atom stereocenters. The number of ketones is 1. The fourth-order valence-corrected chi connectivity index (χ4v) is 8.58. The first-order chi connectivity index (χ1) is 15.9. The van der Waals surface area contributed by atoms with Crippen LogP contribution in [0.1, 0.15) is 80.1 Å². The third-order valence-electron chi connectivity index (χ3n) is 11.0. The van der Waals surface area contributed by atoms with Gasteiger partial charge in [0.05, 0.1) is 36.6 Å². The van der Waals surface area contributed by atoms with E-state index in [1.165, 1.54) is 0 Å². The lowest BCUT2D eigenvalue weighted by Crippen LogP contribution is -2.62. The topological polar surface area (TPSA) is 107 Å². The van der Waals surface area contributed by atoms with Gasteiger partial charge in [-0.1, -0.05) is 41.0 Å². The lowest BCUT2D eigenvalue weighted by molar-refractivity contribution is -0.207. The van der Waals surface area contributed by atoms with Crippen molar-refractivity contribution < 1.29 is 30.0 Å². The van der Waals surface area contributed by atoms with Crippen LogP contribution in [0.3, 0.4) is 0 Å². The van der Waals surface area contributed by atoms with Gasteiger partial charge in [-0.25, -0.2) is 0 Å². The minimum absolute atomic E-state index is 0.0233. The highest BCUT2D eigenvalue weighted by Crippen LogP contribution is 2.63. The highest BCUT2D eigenvalue weighted by molar-refractivity contribution is 5.79. The molecule has 0 aromatic rings. The summed E-state index contributed by atoms with van der Waals surface area (Å²) in [4.78, 5) is 12.6. The van der Waals surface area contributed by atoms with Gasteiger partial charge in [-0.15, -0.1) is 0 Å². The van der Waals surface area contributed by atoms with Crippen LogP contribution in [0, 0.1) is 52.8 Å². The van der Waals surface area contributed by atoms with Crippen LogP contribution in [-0.4, -0.2) is 62.8 Å². The standard InChI is InChI=1S/C28H48O6/c1-13(2)14(3)23(30)24(31)15(4)27-22-21(19-12-17(29)9-10-18(19)16(5)34-27)26(33)25(32)20-8-7-11-28(20,22)6/h13-16,18-27,30-33H,7-12H2,1-6H3/t14-,15?,16-,18+,19?,20?,21?,22?,23+,24+,25+,26-,27+,28-/m0/s1. The molecule has 196 valence electrons. The van der Waals surface area contributed by atoms with Crippen molar-refractivity contribution in [2.24, 2.45) is 52.8 Å². The number of carbonyl (C=O) groups is 1. The Morgan fingerprint density at radius 3 is 2.32 bits per heavy atom. The zero-order valence-electron chi connectivity index (χ0n) is 21.9. The molecule has 4 rings (SSSR count). The number of aliphatic hydroxyl groups excluding tert-OH is 4. The summed E-state index contributed by atoms with van der Waals surface area (Å²) in [5.74, 6) is -0.199. The summed E-state index contributed by atoms with van der Waals surface area (Å²) in [6.07, 6.45) is 0.517. The minimum Gasteiger partial charge on any atom is -0.390 e. The summed E-state index contributed by atoms with van der Waals surface area (Å²) in [6.45, 7) is 12.4. The molecular weight excluding hydrogens is 432 g/mol. The van der Waals surface area contributed by atoms with Crippen LogP contribution in [0.5, 0.6) is 0 Å². The Bertz CT molecular complexity index is 740. The monoisotopic (exact) mass is 480 g/mol. The van der Waals surface area contributed by atoms with Crippen molar-refractivity contribution in [1.29, 1.82) is 0 Å². The lowest BCUT2D eigenvalue weighted by Gasteiger charge is -2.57. The summed E-state index contributed by atoms with van der Waals surface area (Å²) in [7, 11) is 0. The molecule has 6 nitrogen and oxygen atoms in total. The van der Waals surface area contributed by atoms with Gasteiger partial charge in [0, 0.05) is 18.8 Å². The van der Waals surface area contributed by atoms with Crippen molar-refractivity contribution in [2.45, 2.75) is 117 Å². The van der Waals surface area contributed by atoms with Gasteiger partial charge in [-0.3, -0.25) is 4.79 Å². The minimum atomic E-state index is -0.954. The molecule has 0 spiro atoms. The molecule has 3 aliphatic carbocycles. The first-order valence-corrected chi connectivity index (χ1v) is 13.8. The van der Waals surface area contributed by atoms with Crippen LogP contribution in [0.4, 0.5) is 0 Å². The lowest BCUT2D eigenvalue weighted by atomic mass is 9.49. The van der Waals surface area contributed by atoms with Crippen molar-refractivity contribution >= 4 is 5.78 Å². The van der Waals surface area contributed by atoms with E-state index >= 15 is 0 Å². The zero-order valence-corrected chi connectivity index (χ0v) is 21.9. The van der Waals surface area contributed by atoms with E-state index < -0.39 is 24.4 Å². The number of hydrogen-bond donors (Lipinski definition) is 4. The summed E-state index contributed by atoms with van der Waals surface area (Å²) in [5, 5.41) is 45.2. The maximum Gasteiger partial charge on any atom is 0.133 e. The molecule has 34 heavy (non-hydrogen) atoms. The number of hydrogen-bond acceptors (Lipinski definition) is 6. The Morgan fingerprint density at radius 1 is 1.00 bits per heavy atom. The molecule has 6 heteroatoms. The van der Waals surface area contributed by atoms with E-state index in [-0.39, 0.29) is 70.7 Å². The number of ether oxygens (including phenoxy) is 1. The van der Waals surface area contributed by atoms with Crippen LogP contribution in [0.2, 0.25) is 0 Å². The molecule has 1 heterocycles. The van der Waals surface area contributed by atoms with Gasteiger partial charge in [0.1, 0.15) is 5.78 Å². The second kappa shape index (κ2) is 9.74. The predicted octanol–water partition coefficient (Wildman–Crippen LogP) is 3.18. The number of Topliss-reactive ketones (excluding diaryl/α,β-unsaturated/α-hetero) is 1. The Labute approximate surface area is 205 Å². The largest absolute Gasteiger partial charge is 0.390 e. The van der Waals surface area contributed by atoms with E-state index in [9.17, 15) is 25.2 Å². The quantitative estimate of drug-likeness (QED) is 0.481. The molecule has 1 aliphatic heterocycles. The van der Waals surface area contributed by atoms with E-state index in [0.29, 0.717) is 12.8 Å². The molecule has 4 N–H and O–H groups in total. The highest BCUT2D eigenvalue weighted by Gasteiger charge is 2.65. The summed E-state index contributed by atoms with van der Waals surface area (Å²) in [6, 6.07) is 0. The molecule has 0 amide bonds. The molecular formula is C28H48O6. The number of fused-ring (bicyclic) bond motifs is 5. The first kappa shape index (κ1) is 26.5. The van der Waals surface area contributed by atoms with Crippen LogP contribution in [-0.2, 0) is 9.53 Å². The van der Waals surface area contributed by atoms with Gasteiger partial charge in [0.25, 0.3) is 0 Å². The second-order valence-corrected chi connectivity index (χ2v) is 12.9. The van der Waals surface area contributed by atoms with Crippen molar-refractivity contribution in [3.63, 3.8) is 0 Å². The van der Waals surface area contributed by atoms with E-state index in [1.807, 2.05) is 13.8 Å². The van der Waals surface area contributed by atoms with E-state index in [1.54, 1.807) is 0 Å². The molecule has 0 aromatic heterocycles. The summed E-state index contributed by atoms with van der Waals surface area (Å²) < 4.78 is 6.84. The van der Waals surface area contributed by atoms with Crippen LogP contribution >= 0.6 is 0 Å². The number of aliphatic hydroxyl groups is 4. The predicted molar refractivity (Wildman–Crippen MR) is 130 cm³/mol. The first-order valence-electron chi connectivity index (χ1n) is 13.8. The fraction of sp³-hybridized carbons (Fsp3) is 0.964. The van der Waals surface area contributed by atoms with Gasteiger partial charge in [0.15, 0.2) is 0 Å². The van der Waals surface area contributed by atoms with E-state index in [4.69, 9.17) is 4.74 Å². The molecule has 1 saturated heterocycles. The molecule has 0 radical (unpaired) electrons. The van der Waals surface area contributed by atoms with Crippen molar-refractivity contribution in [2.75, 3.05) is 0 Å². The third-order valence-corrected chi connectivity index (χ3v) is 11.0. The summed E-state index contributed by atoms with van der Waals surface area (Å²) in [5.41, 5.74) is -0.244. The number of rotatable bonds is 5. The van der Waals surface area contributed by atoms with Gasteiger partial charge in [0.2, 0.25) is 0 Å². The fourth-order valence-electron chi connectivity index (χ4n) is 8.58. The Balaban J connectivity index is 1.77. The smallest absolute Gasteiger partial charge is 0.133 e. The average molecular weight is 481 g/mol. The van der Waals surface area contributed by atoms with Gasteiger partial charge in [-0.05, 0) is 73.0 Å². The molecule has 4 fully saturated rings. The van der Waals surface area contributed by atoms with Crippen LogP contribution < -0.4 is 0 Å². The van der Waals surface area contributed by atoms with Gasteiger partial charge < -0.3 is 25.2 Å². The van der Waals surface area contributed by atoms with Crippen molar-refractivity contribution in [3.8, 4) is 0 Å². The van der Waals surface area contributed by atoms with Crippen LogP contribution in [0.25, 0.3) is 0 Å². The van der Waals surface area contributed by atoms with E-state index in [2.05, 4.69) is 27.7 Å². The summed E-state index contributed by atoms with van der Waals surface area (Å²) >= 11 is 0. The van der Waals surface area contributed by atoms with Gasteiger partial charge >= 0.3 is 0 Å². The number of carbonyl (C=O) groups excluding carboxylic acids is 1. The maximum absolute atomic E-state index is 12.6. The molecule has 4 aliphatic rings. The van der Waals surface area contributed by atoms with Crippen LogP contribution in [0.15, 0.2) is 0 Å². The SMILES string of the molecule is CC([C@H]1O[C@@H](C)[C@H]2CCC(=O)CC2C2C1[C@@]1(C)CCCC1[C@@H](O)[C@H]2O)[C@@H](O)[C@H](O)[C@@H](C)C(C)C. The maximum atomic E-state index is 12.6. The third kappa shape index (κ3) is 4.19. The Kier molecular flexibility index (Phi) is 7.60. The molecule has 0 aromatic carbocycles. The Hall–Kier alpha value is -0.530. The molecule has 0 bridgehead atoms. The zero-order chi connectivity index (χ0) is 25.1.